The van der Waals surface area contributed by atoms with Gasteiger partial charge in [0.2, 0.25) is 0 Å². The molecule has 0 saturated carbocycles. The third-order valence-corrected chi connectivity index (χ3v) is 7.05. The van der Waals surface area contributed by atoms with E-state index in [2.05, 4.69) is 15.9 Å². The highest BCUT2D eigenvalue weighted by atomic mass is 79.9. The number of benzene rings is 2. The quantitative estimate of drug-likeness (QED) is 0.489. The van der Waals surface area contributed by atoms with Crippen molar-refractivity contribution in [2.45, 2.75) is 49.0 Å². The maximum Gasteiger partial charge on any atom is 0.328 e. The number of carbonyl (C=O) groups is 3. The second kappa shape index (κ2) is 10.7. The molecule has 1 aliphatic heterocycles. The van der Waals surface area contributed by atoms with Crippen molar-refractivity contribution in [3.63, 3.8) is 0 Å². The van der Waals surface area contributed by atoms with Gasteiger partial charge in [-0.1, -0.05) is 40.2 Å². The Bertz CT molecular complexity index is 1010. The van der Waals surface area contributed by atoms with Gasteiger partial charge in [-0.15, -0.1) is 11.8 Å². The van der Waals surface area contributed by atoms with E-state index in [1.807, 2.05) is 30.3 Å². The number of nitrogens with zero attached hydrogens (tertiary/aromatic N) is 1. The minimum Gasteiger partial charge on any atom is -0.467 e. The van der Waals surface area contributed by atoms with E-state index in [-0.39, 0.29) is 17.6 Å². The predicted molar refractivity (Wildman–Crippen MR) is 131 cm³/mol. The Hall–Kier alpha value is -2.32. The first-order valence-electron chi connectivity index (χ1n) is 10.7. The number of halogens is 1. The van der Waals surface area contributed by atoms with Gasteiger partial charge in [0.1, 0.15) is 11.6 Å². The number of methoxy groups -OCH3 is 1. The lowest BCUT2D eigenvalue weighted by Crippen LogP contribution is -2.44. The number of thioether (sulfide) groups is 1. The summed E-state index contributed by atoms with van der Waals surface area (Å²) < 4.78 is 11.6. The molecule has 33 heavy (non-hydrogen) atoms. The normalized spacial score (nSPS) is 20.4. The fourth-order valence-corrected chi connectivity index (χ4v) is 5.82. The van der Waals surface area contributed by atoms with Crippen LogP contribution in [0.15, 0.2) is 64.0 Å². The van der Waals surface area contributed by atoms with E-state index in [1.54, 1.807) is 56.8 Å². The SMILES string of the molecule is COC(=O)[C@@H]1[C@@H](CC(=O)OC(C)(C)C)[C@@H](Sc2cccc(Br)c2)CN1C(=O)c1ccccc1. The molecule has 1 saturated heterocycles. The van der Waals surface area contributed by atoms with Crippen molar-refractivity contribution in [1.29, 1.82) is 0 Å². The maximum absolute atomic E-state index is 13.4. The summed E-state index contributed by atoms with van der Waals surface area (Å²) >= 11 is 5.03. The first-order chi connectivity index (χ1) is 15.6. The highest BCUT2D eigenvalue weighted by Crippen LogP contribution is 2.41. The van der Waals surface area contributed by atoms with Gasteiger partial charge in [-0.25, -0.2) is 4.79 Å². The molecule has 1 aliphatic rings. The first kappa shape index (κ1) is 25.3. The Labute approximate surface area is 207 Å². The zero-order valence-corrected chi connectivity index (χ0v) is 21.5. The van der Waals surface area contributed by atoms with Crippen LogP contribution in [0.4, 0.5) is 0 Å². The topological polar surface area (TPSA) is 72.9 Å². The molecular formula is C25H28BrNO5S. The van der Waals surface area contributed by atoms with Crippen LogP contribution in [0, 0.1) is 5.92 Å². The van der Waals surface area contributed by atoms with Crippen LogP contribution < -0.4 is 0 Å². The number of amides is 1. The summed E-state index contributed by atoms with van der Waals surface area (Å²) in [6, 6.07) is 15.7. The fraction of sp³-hybridized carbons (Fsp3) is 0.400. The molecule has 0 N–H and O–H groups in total. The van der Waals surface area contributed by atoms with E-state index in [0.29, 0.717) is 12.1 Å². The third-order valence-electron chi connectivity index (χ3n) is 5.23. The summed E-state index contributed by atoms with van der Waals surface area (Å²) in [6.45, 7) is 5.71. The van der Waals surface area contributed by atoms with Crippen molar-refractivity contribution in [3.05, 3.63) is 64.6 Å². The maximum atomic E-state index is 13.4. The Morgan fingerprint density at radius 3 is 2.39 bits per heavy atom. The lowest BCUT2D eigenvalue weighted by atomic mass is 9.95. The van der Waals surface area contributed by atoms with E-state index < -0.39 is 29.5 Å². The number of likely N-dealkylation sites (tertiary alicyclic amines) is 1. The van der Waals surface area contributed by atoms with Crippen molar-refractivity contribution in [2.75, 3.05) is 13.7 Å². The molecule has 0 spiro atoms. The summed E-state index contributed by atoms with van der Waals surface area (Å²) in [4.78, 5) is 41.6. The molecule has 0 bridgehead atoms. The molecular weight excluding hydrogens is 506 g/mol. The van der Waals surface area contributed by atoms with E-state index in [9.17, 15) is 14.4 Å². The molecule has 0 aliphatic carbocycles. The van der Waals surface area contributed by atoms with Crippen molar-refractivity contribution < 1.29 is 23.9 Å². The predicted octanol–water partition coefficient (Wildman–Crippen LogP) is 4.96. The third kappa shape index (κ3) is 6.60. The smallest absolute Gasteiger partial charge is 0.328 e. The average molecular weight is 534 g/mol. The van der Waals surface area contributed by atoms with E-state index in [4.69, 9.17) is 9.47 Å². The molecule has 6 nitrogen and oxygen atoms in total. The van der Waals surface area contributed by atoms with E-state index in [1.165, 1.54) is 12.0 Å². The summed E-state index contributed by atoms with van der Waals surface area (Å²) in [7, 11) is 1.30. The number of carbonyl (C=O) groups excluding carboxylic acids is 3. The van der Waals surface area contributed by atoms with Crippen LogP contribution in [0.3, 0.4) is 0 Å². The van der Waals surface area contributed by atoms with Crippen LogP contribution in [0.25, 0.3) is 0 Å². The van der Waals surface area contributed by atoms with Crippen LogP contribution in [0.2, 0.25) is 0 Å². The van der Waals surface area contributed by atoms with Gasteiger partial charge in [0.15, 0.2) is 0 Å². The molecule has 8 heteroatoms. The molecule has 0 radical (unpaired) electrons. The minimum absolute atomic E-state index is 0.00127. The van der Waals surface area contributed by atoms with Gasteiger partial charge in [0.05, 0.1) is 13.5 Å². The number of hydrogen-bond acceptors (Lipinski definition) is 6. The first-order valence-corrected chi connectivity index (χ1v) is 12.3. The number of hydrogen-bond donors (Lipinski definition) is 0. The van der Waals surface area contributed by atoms with Gasteiger partial charge in [0.25, 0.3) is 5.91 Å². The molecule has 1 fully saturated rings. The van der Waals surface area contributed by atoms with Crippen LogP contribution in [0.5, 0.6) is 0 Å². The lowest BCUT2D eigenvalue weighted by molar-refractivity contribution is -0.157. The zero-order valence-electron chi connectivity index (χ0n) is 19.1. The van der Waals surface area contributed by atoms with Crippen molar-refractivity contribution in [3.8, 4) is 0 Å². The Balaban J connectivity index is 1.96. The second-order valence-corrected chi connectivity index (χ2v) is 11.1. The Kier molecular flexibility index (Phi) is 8.23. The van der Waals surface area contributed by atoms with Gasteiger partial charge in [-0.3, -0.25) is 9.59 Å². The zero-order chi connectivity index (χ0) is 24.2. The highest BCUT2D eigenvalue weighted by molar-refractivity contribution is 9.10. The molecule has 2 aromatic carbocycles. The van der Waals surface area contributed by atoms with Gasteiger partial charge < -0.3 is 14.4 Å². The summed E-state index contributed by atoms with van der Waals surface area (Å²) in [5.41, 5.74) is -0.168. The number of ether oxygens (including phenoxy) is 2. The van der Waals surface area contributed by atoms with Crippen LogP contribution in [0.1, 0.15) is 37.6 Å². The monoisotopic (exact) mass is 533 g/mol. The largest absolute Gasteiger partial charge is 0.467 e. The standard InChI is InChI=1S/C25H28BrNO5S/c1-25(2,3)32-21(28)14-19-20(33-18-12-8-11-17(26)13-18)15-27(22(19)24(30)31-4)23(29)16-9-6-5-7-10-16/h5-13,19-20,22H,14-15H2,1-4H3/t19-,20-,22-/m0/s1. The van der Waals surface area contributed by atoms with Crippen molar-refractivity contribution >= 4 is 45.5 Å². The Morgan fingerprint density at radius 2 is 1.79 bits per heavy atom. The van der Waals surface area contributed by atoms with Gasteiger partial charge in [-0.2, -0.15) is 0 Å². The molecule has 1 heterocycles. The summed E-state index contributed by atoms with van der Waals surface area (Å²) in [6.07, 6.45) is 0.00127. The molecule has 3 rings (SSSR count). The highest BCUT2D eigenvalue weighted by Gasteiger charge is 2.50. The number of esters is 2. The second-order valence-electron chi connectivity index (χ2n) is 8.86. The Morgan fingerprint density at radius 1 is 1.09 bits per heavy atom. The van der Waals surface area contributed by atoms with Crippen molar-refractivity contribution in [2.24, 2.45) is 5.92 Å². The van der Waals surface area contributed by atoms with E-state index in [0.717, 1.165) is 9.37 Å². The molecule has 3 atom stereocenters. The summed E-state index contributed by atoms with van der Waals surface area (Å²) in [5, 5.41) is -0.205. The van der Waals surface area contributed by atoms with Crippen LogP contribution >= 0.6 is 27.7 Å². The fourth-order valence-electron chi connectivity index (χ4n) is 3.91. The molecule has 0 aromatic heterocycles. The molecule has 1 amide bonds. The van der Waals surface area contributed by atoms with Crippen molar-refractivity contribution in [1.82, 2.24) is 4.90 Å². The lowest BCUT2D eigenvalue weighted by Gasteiger charge is -2.27. The molecule has 2 aromatic rings. The number of rotatable bonds is 6. The molecule has 0 unspecified atom stereocenters. The van der Waals surface area contributed by atoms with Gasteiger partial charge >= 0.3 is 11.9 Å². The van der Waals surface area contributed by atoms with E-state index >= 15 is 0 Å². The minimum atomic E-state index is -0.889. The van der Waals surface area contributed by atoms with Gasteiger partial charge in [0, 0.05) is 32.6 Å². The van der Waals surface area contributed by atoms with Crippen LogP contribution in [-0.4, -0.2) is 53.3 Å². The molecule has 176 valence electrons. The summed E-state index contributed by atoms with van der Waals surface area (Å²) in [5.74, 6) is -1.68. The van der Waals surface area contributed by atoms with Gasteiger partial charge in [-0.05, 0) is 51.1 Å². The average Bonchev–Trinajstić information content (AvgIpc) is 3.09. The van der Waals surface area contributed by atoms with Crippen LogP contribution in [-0.2, 0) is 19.1 Å².